The lowest BCUT2D eigenvalue weighted by atomic mass is 10.1. The third-order valence-corrected chi connectivity index (χ3v) is 2.59. The van der Waals surface area contributed by atoms with Crippen LogP contribution < -0.4 is 15.4 Å². The summed E-state index contributed by atoms with van der Waals surface area (Å²) in [7, 11) is 0. The van der Waals surface area contributed by atoms with E-state index < -0.39 is 0 Å². The fourth-order valence-electron chi connectivity index (χ4n) is 1.76. The zero-order chi connectivity index (χ0) is 13.0. The van der Waals surface area contributed by atoms with E-state index in [1.54, 1.807) is 12.3 Å². The molecule has 0 saturated carbocycles. The third-order valence-electron chi connectivity index (χ3n) is 2.59. The highest BCUT2D eigenvalue weighted by molar-refractivity contribution is 5.76. The van der Waals surface area contributed by atoms with E-state index in [1.807, 2.05) is 13.8 Å². The molecule has 2 heterocycles. The molecule has 1 unspecified atom stereocenters. The van der Waals surface area contributed by atoms with Gasteiger partial charge in [-0.3, -0.25) is 4.79 Å². The molecular formula is C12H18N4O2. The molecule has 1 fully saturated rings. The maximum Gasteiger partial charge on any atom is 0.226 e. The highest BCUT2D eigenvalue weighted by atomic mass is 16.5. The van der Waals surface area contributed by atoms with Crippen LogP contribution in [0.5, 0.6) is 5.88 Å². The number of piperidine rings is 1. The Balaban J connectivity index is 1.94. The second kappa shape index (κ2) is 5.66. The Labute approximate surface area is 106 Å². The first-order valence-electron chi connectivity index (χ1n) is 6.16. The number of anilines is 1. The lowest BCUT2D eigenvalue weighted by molar-refractivity contribution is -0.122. The molecule has 1 atom stereocenters. The molecule has 0 aliphatic carbocycles. The van der Waals surface area contributed by atoms with Crippen LogP contribution in [-0.2, 0) is 4.79 Å². The van der Waals surface area contributed by atoms with Gasteiger partial charge in [0.1, 0.15) is 0 Å². The van der Waals surface area contributed by atoms with Crippen molar-refractivity contribution in [2.24, 2.45) is 0 Å². The lowest BCUT2D eigenvalue weighted by Crippen LogP contribution is -2.42. The van der Waals surface area contributed by atoms with E-state index in [4.69, 9.17) is 4.74 Å². The van der Waals surface area contributed by atoms with Gasteiger partial charge in [0, 0.05) is 31.3 Å². The van der Waals surface area contributed by atoms with Crippen molar-refractivity contribution in [2.75, 3.05) is 11.9 Å². The molecule has 6 heteroatoms. The number of rotatable bonds is 4. The monoisotopic (exact) mass is 250 g/mol. The molecule has 18 heavy (non-hydrogen) atoms. The fraction of sp³-hybridized carbons (Fsp3) is 0.583. The van der Waals surface area contributed by atoms with Crippen LogP contribution in [-0.4, -0.2) is 34.6 Å². The largest absolute Gasteiger partial charge is 0.475 e. The van der Waals surface area contributed by atoms with Gasteiger partial charge in [-0.15, -0.1) is 0 Å². The minimum Gasteiger partial charge on any atom is -0.475 e. The van der Waals surface area contributed by atoms with E-state index in [0.29, 0.717) is 24.8 Å². The molecule has 1 saturated heterocycles. The predicted molar refractivity (Wildman–Crippen MR) is 67.5 cm³/mol. The first kappa shape index (κ1) is 12.6. The van der Waals surface area contributed by atoms with Gasteiger partial charge in [-0.05, 0) is 20.3 Å². The van der Waals surface area contributed by atoms with Crippen LogP contribution in [0.1, 0.15) is 26.7 Å². The second-order valence-corrected chi connectivity index (χ2v) is 4.57. The van der Waals surface area contributed by atoms with E-state index >= 15 is 0 Å². The highest BCUT2D eigenvalue weighted by Gasteiger charge is 2.18. The first-order chi connectivity index (χ1) is 8.63. The van der Waals surface area contributed by atoms with E-state index in [1.165, 1.54) is 0 Å². The lowest BCUT2D eigenvalue weighted by Gasteiger charge is -2.23. The van der Waals surface area contributed by atoms with Gasteiger partial charge in [-0.1, -0.05) is 0 Å². The summed E-state index contributed by atoms with van der Waals surface area (Å²) in [6.07, 6.45) is 3.08. The van der Waals surface area contributed by atoms with Crippen molar-refractivity contribution in [3.63, 3.8) is 0 Å². The van der Waals surface area contributed by atoms with Crippen LogP contribution in [0.2, 0.25) is 0 Å². The smallest absolute Gasteiger partial charge is 0.226 e. The number of hydrogen-bond donors (Lipinski definition) is 2. The van der Waals surface area contributed by atoms with Gasteiger partial charge in [0.15, 0.2) is 0 Å². The molecule has 98 valence electrons. The van der Waals surface area contributed by atoms with E-state index in [-0.39, 0.29) is 18.1 Å². The summed E-state index contributed by atoms with van der Waals surface area (Å²) in [5.74, 6) is 1.20. The molecule has 2 N–H and O–H groups in total. The number of amides is 1. The Morgan fingerprint density at radius 3 is 3.06 bits per heavy atom. The maximum absolute atomic E-state index is 11.0. The van der Waals surface area contributed by atoms with E-state index in [2.05, 4.69) is 20.6 Å². The number of carbonyl (C=O) groups excluding carboxylic acids is 1. The van der Waals surface area contributed by atoms with Crippen LogP contribution in [0.4, 0.5) is 5.95 Å². The van der Waals surface area contributed by atoms with E-state index in [9.17, 15) is 4.79 Å². The van der Waals surface area contributed by atoms with Gasteiger partial charge >= 0.3 is 0 Å². The second-order valence-electron chi connectivity index (χ2n) is 4.57. The molecular weight excluding hydrogens is 232 g/mol. The van der Waals surface area contributed by atoms with Gasteiger partial charge in [0.25, 0.3) is 0 Å². The number of nitrogens with zero attached hydrogens (tertiary/aromatic N) is 2. The van der Waals surface area contributed by atoms with Gasteiger partial charge < -0.3 is 15.4 Å². The molecule has 0 radical (unpaired) electrons. The zero-order valence-electron chi connectivity index (χ0n) is 10.6. The van der Waals surface area contributed by atoms with Crippen molar-refractivity contribution >= 4 is 11.9 Å². The third kappa shape index (κ3) is 3.58. The van der Waals surface area contributed by atoms with Crippen LogP contribution in [0, 0.1) is 0 Å². The first-order valence-corrected chi connectivity index (χ1v) is 6.16. The van der Waals surface area contributed by atoms with Crippen molar-refractivity contribution in [1.29, 1.82) is 0 Å². The van der Waals surface area contributed by atoms with Crippen molar-refractivity contribution in [2.45, 2.75) is 38.8 Å². The summed E-state index contributed by atoms with van der Waals surface area (Å²) in [4.78, 5) is 19.5. The van der Waals surface area contributed by atoms with Crippen LogP contribution in [0.25, 0.3) is 0 Å². The topological polar surface area (TPSA) is 76.1 Å². The zero-order valence-corrected chi connectivity index (χ0v) is 10.6. The molecule has 1 amide bonds. The Morgan fingerprint density at radius 2 is 2.39 bits per heavy atom. The molecule has 0 spiro atoms. The minimum absolute atomic E-state index is 0.0849. The number of aromatic nitrogens is 2. The van der Waals surface area contributed by atoms with Gasteiger partial charge in [0.05, 0.1) is 6.10 Å². The SMILES string of the molecule is CC(C)Oc1ccnc(NC2CCC(=O)NC2)n1. The van der Waals surface area contributed by atoms with Gasteiger partial charge in [0.2, 0.25) is 17.7 Å². The molecule has 1 aliphatic heterocycles. The number of carbonyl (C=O) groups is 1. The summed E-state index contributed by atoms with van der Waals surface area (Å²) < 4.78 is 5.50. The Bertz CT molecular complexity index is 412. The van der Waals surface area contributed by atoms with Crippen molar-refractivity contribution in [3.05, 3.63) is 12.3 Å². The molecule has 0 aromatic carbocycles. The predicted octanol–water partition coefficient (Wildman–Crippen LogP) is 0.954. The molecule has 6 nitrogen and oxygen atoms in total. The van der Waals surface area contributed by atoms with Crippen molar-refractivity contribution in [1.82, 2.24) is 15.3 Å². The number of ether oxygens (including phenoxy) is 1. The van der Waals surface area contributed by atoms with Crippen LogP contribution >= 0.6 is 0 Å². The van der Waals surface area contributed by atoms with Crippen LogP contribution in [0.3, 0.4) is 0 Å². The number of hydrogen-bond acceptors (Lipinski definition) is 5. The van der Waals surface area contributed by atoms with Gasteiger partial charge in [-0.2, -0.15) is 4.98 Å². The summed E-state index contributed by atoms with van der Waals surface area (Å²) in [6.45, 7) is 4.51. The standard InChI is InChI=1S/C12H18N4O2/c1-8(2)18-11-5-6-13-12(16-11)15-9-3-4-10(17)14-7-9/h5-6,8-9H,3-4,7H2,1-2H3,(H,14,17)(H,13,15,16). The van der Waals surface area contributed by atoms with Crippen molar-refractivity contribution in [3.8, 4) is 5.88 Å². The average Bonchev–Trinajstić information content (AvgIpc) is 2.32. The molecule has 0 bridgehead atoms. The number of nitrogens with one attached hydrogen (secondary N) is 2. The van der Waals surface area contributed by atoms with Gasteiger partial charge in [-0.25, -0.2) is 4.98 Å². The highest BCUT2D eigenvalue weighted by Crippen LogP contribution is 2.13. The molecule has 1 aromatic heterocycles. The average molecular weight is 250 g/mol. The Hall–Kier alpha value is -1.85. The van der Waals surface area contributed by atoms with E-state index in [0.717, 1.165) is 6.42 Å². The normalized spacial score (nSPS) is 19.5. The summed E-state index contributed by atoms with van der Waals surface area (Å²) in [5, 5.41) is 6.01. The summed E-state index contributed by atoms with van der Waals surface area (Å²) in [5.41, 5.74) is 0. The van der Waals surface area contributed by atoms with Crippen LogP contribution in [0.15, 0.2) is 12.3 Å². The molecule has 2 rings (SSSR count). The fourth-order valence-corrected chi connectivity index (χ4v) is 1.76. The molecule has 1 aliphatic rings. The van der Waals surface area contributed by atoms with Crippen molar-refractivity contribution < 1.29 is 9.53 Å². The minimum atomic E-state index is 0.0849. The summed E-state index contributed by atoms with van der Waals surface area (Å²) in [6, 6.07) is 1.91. The Morgan fingerprint density at radius 1 is 1.56 bits per heavy atom. The quantitative estimate of drug-likeness (QED) is 0.832. The summed E-state index contributed by atoms with van der Waals surface area (Å²) >= 11 is 0. The maximum atomic E-state index is 11.0. The molecule has 1 aromatic rings. The Kier molecular flexibility index (Phi) is 3.96.